The normalized spacial score (nSPS) is 18.3. The van der Waals surface area contributed by atoms with Crippen molar-refractivity contribution in [3.05, 3.63) is 29.6 Å². The molecule has 0 aliphatic carbocycles. The average molecular weight is 324 g/mol. The lowest BCUT2D eigenvalue weighted by Crippen LogP contribution is -2.40. The van der Waals surface area contributed by atoms with Crippen molar-refractivity contribution < 1.29 is 14.2 Å². The average Bonchev–Trinajstić information content (AvgIpc) is 2.49. The fraction of sp³-hybridized carbons (Fsp3) is 0.667. The van der Waals surface area contributed by atoms with E-state index in [-0.39, 0.29) is 11.9 Å². The van der Waals surface area contributed by atoms with Gasteiger partial charge in [-0.1, -0.05) is 0 Å². The van der Waals surface area contributed by atoms with E-state index in [0.29, 0.717) is 12.5 Å². The fourth-order valence-corrected chi connectivity index (χ4v) is 3.39. The molecule has 0 saturated carbocycles. The van der Waals surface area contributed by atoms with Gasteiger partial charge in [0.15, 0.2) is 0 Å². The molecule has 1 aromatic carbocycles. The number of aliphatic hydroxyl groups is 1. The van der Waals surface area contributed by atoms with Crippen molar-refractivity contribution in [3.63, 3.8) is 0 Å². The van der Waals surface area contributed by atoms with E-state index in [2.05, 4.69) is 16.8 Å². The maximum atomic E-state index is 13.4. The van der Waals surface area contributed by atoms with Gasteiger partial charge in [-0.25, -0.2) is 4.39 Å². The summed E-state index contributed by atoms with van der Waals surface area (Å²) in [6.45, 7) is 6.39. The zero-order valence-electron chi connectivity index (χ0n) is 14.5. The van der Waals surface area contributed by atoms with E-state index in [1.807, 2.05) is 6.92 Å². The molecule has 23 heavy (non-hydrogen) atoms. The lowest BCUT2D eigenvalue weighted by atomic mass is 9.96. The number of benzene rings is 1. The highest BCUT2D eigenvalue weighted by Gasteiger charge is 2.21. The van der Waals surface area contributed by atoms with Gasteiger partial charge in [-0.15, -0.1) is 0 Å². The summed E-state index contributed by atoms with van der Waals surface area (Å²) in [5.41, 5.74) is 0.890. The topological polar surface area (TPSA) is 35.9 Å². The molecule has 5 heteroatoms. The molecule has 1 aromatic rings. The predicted octanol–water partition coefficient (Wildman–Crippen LogP) is 2.36. The minimum absolute atomic E-state index is 0.222. The maximum absolute atomic E-state index is 13.4. The van der Waals surface area contributed by atoms with Crippen LogP contribution in [-0.2, 0) is 6.54 Å². The predicted molar refractivity (Wildman–Crippen MR) is 90.1 cm³/mol. The number of hydrogen-bond acceptors (Lipinski definition) is 4. The van der Waals surface area contributed by atoms with Crippen LogP contribution in [0.1, 0.15) is 25.3 Å². The van der Waals surface area contributed by atoms with Crippen LogP contribution in [0.2, 0.25) is 0 Å². The number of ether oxygens (including phenoxy) is 1. The molecule has 1 heterocycles. The van der Waals surface area contributed by atoms with Crippen molar-refractivity contribution in [2.45, 2.75) is 32.4 Å². The molecule has 1 unspecified atom stereocenters. The molecule has 1 N–H and O–H groups in total. The maximum Gasteiger partial charge on any atom is 0.123 e. The molecular formula is C18H29FN2O2. The number of hydrogen-bond donors (Lipinski definition) is 1. The Morgan fingerprint density at radius 1 is 1.39 bits per heavy atom. The fourth-order valence-electron chi connectivity index (χ4n) is 3.39. The molecule has 1 aliphatic rings. The number of nitrogens with zero attached hydrogens (tertiary/aromatic N) is 2. The number of piperidine rings is 1. The molecule has 1 aliphatic heterocycles. The van der Waals surface area contributed by atoms with Gasteiger partial charge in [0.2, 0.25) is 0 Å². The molecule has 0 radical (unpaired) electrons. The largest absolute Gasteiger partial charge is 0.496 e. The number of likely N-dealkylation sites (tertiary alicyclic amines) is 1. The third kappa shape index (κ3) is 5.75. The van der Waals surface area contributed by atoms with Gasteiger partial charge in [0.05, 0.1) is 13.2 Å². The Balaban J connectivity index is 1.82. The number of aliphatic hydroxyl groups excluding tert-OH is 1. The van der Waals surface area contributed by atoms with Crippen LogP contribution in [0.5, 0.6) is 5.75 Å². The molecule has 0 amide bonds. The van der Waals surface area contributed by atoms with Crippen molar-refractivity contribution in [2.24, 2.45) is 5.92 Å². The lowest BCUT2D eigenvalue weighted by molar-refractivity contribution is 0.0918. The van der Waals surface area contributed by atoms with Gasteiger partial charge >= 0.3 is 0 Å². The molecule has 0 spiro atoms. The highest BCUT2D eigenvalue weighted by atomic mass is 19.1. The molecule has 1 fully saturated rings. The van der Waals surface area contributed by atoms with E-state index in [0.717, 1.165) is 50.3 Å². The van der Waals surface area contributed by atoms with Crippen molar-refractivity contribution in [1.29, 1.82) is 0 Å². The quantitative estimate of drug-likeness (QED) is 0.835. The lowest BCUT2D eigenvalue weighted by Gasteiger charge is -2.34. The number of methoxy groups -OCH3 is 1. The summed E-state index contributed by atoms with van der Waals surface area (Å²) < 4.78 is 18.8. The Hall–Kier alpha value is -1.17. The van der Waals surface area contributed by atoms with Gasteiger partial charge in [-0.05, 0) is 64.0 Å². The van der Waals surface area contributed by atoms with Crippen LogP contribution >= 0.6 is 0 Å². The Morgan fingerprint density at radius 3 is 2.70 bits per heavy atom. The third-order valence-corrected chi connectivity index (χ3v) is 4.48. The SMILES string of the molecule is COc1ccc(F)cc1CN(C)CC1CCN(CC(C)O)CC1. The highest BCUT2D eigenvalue weighted by Crippen LogP contribution is 2.23. The molecule has 0 aromatic heterocycles. The Morgan fingerprint density at radius 2 is 2.09 bits per heavy atom. The van der Waals surface area contributed by atoms with E-state index in [9.17, 15) is 9.50 Å². The zero-order chi connectivity index (χ0) is 16.8. The van der Waals surface area contributed by atoms with Crippen molar-refractivity contribution in [1.82, 2.24) is 9.80 Å². The summed E-state index contributed by atoms with van der Waals surface area (Å²) in [4.78, 5) is 4.57. The molecule has 4 nitrogen and oxygen atoms in total. The minimum Gasteiger partial charge on any atom is -0.496 e. The second-order valence-electron chi connectivity index (χ2n) is 6.75. The van der Waals surface area contributed by atoms with Crippen LogP contribution < -0.4 is 4.74 Å². The van der Waals surface area contributed by atoms with Crippen molar-refractivity contribution in [2.75, 3.05) is 40.3 Å². The molecular weight excluding hydrogens is 295 g/mol. The van der Waals surface area contributed by atoms with E-state index in [4.69, 9.17) is 4.74 Å². The second-order valence-corrected chi connectivity index (χ2v) is 6.75. The summed E-state index contributed by atoms with van der Waals surface area (Å²) in [5, 5.41) is 9.46. The first-order valence-electron chi connectivity index (χ1n) is 8.39. The zero-order valence-corrected chi connectivity index (χ0v) is 14.5. The Bertz CT molecular complexity index is 488. The summed E-state index contributed by atoms with van der Waals surface area (Å²) >= 11 is 0. The molecule has 0 bridgehead atoms. The van der Waals surface area contributed by atoms with E-state index in [1.165, 1.54) is 6.07 Å². The first-order chi connectivity index (χ1) is 11.0. The van der Waals surface area contributed by atoms with Gasteiger partial charge in [0.1, 0.15) is 11.6 Å². The number of rotatable bonds is 7. The molecule has 130 valence electrons. The third-order valence-electron chi connectivity index (χ3n) is 4.48. The van der Waals surface area contributed by atoms with Crippen LogP contribution in [0.3, 0.4) is 0 Å². The van der Waals surface area contributed by atoms with Gasteiger partial charge in [-0.2, -0.15) is 0 Å². The van der Waals surface area contributed by atoms with Gasteiger partial charge in [0.25, 0.3) is 0 Å². The van der Waals surface area contributed by atoms with E-state index in [1.54, 1.807) is 19.2 Å². The highest BCUT2D eigenvalue weighted by molar-refractivity contribution is 5.33. The van der Waals surface area contributed by atoms with Crippen LogP contribution in [0, 0.1) is 11.7 Å². The van der Waals surface area contributed by atoms with Gasteiger partial charge in [0, 0.05) is 25.2 Å². The Kier molecular flexibility index (Phi) is 6.81. The smallest absolute Gasteiger partial charge is 0.123 e. The summed E-state index contributed by atoms with van der Waals surface area (Å²) in [6, 6.07) is 4.67. The van der Waals surface area contributed by atoms with Crippen LogP contribution in [0.25, 0.3) is 0 Å². The van der Waals surface area contributed by atoms with Gasteiger partial charge < -0.3 is 19.6 Å². The van der Waals surface area contributed by atoms with Crippen LogP contribution in [0.4, 0.5) is 4.39 Å². The van der Waals surface area contributed by atoms with Crippen LogP contribution in [-0.4, -0.2) is 61.3 Å². The first-order valence-corrected chi connectivity index (χ1v) is 8.39. The monoisotopic (exact) mass is 324 g/mol. The molecule has 2 rings (SSSR count). The number of halogens is 1. The van der Waals surface area contributed by atoms with Gasteiger partial charge in [-0.3, -0.25) is 0 Å². The number of β-amino-alcohol motifs (C(OH)–C–C–N with tert-alkyl or cyclic N) is 1. The summed E-state index contributed by atoms with van der Waals surface area (Å²) in [5.74, 6) is 1.18. The van der Waals surface area contributed by atoms with Crippen LogP contribution in [0.15, 0.2) is 18.2 Å². The van der Waals surface area contributed by atoms with E-state index < -0.39 is 0 Å². The summed E-state index contributed by atoms with van der Waals surface area (Å²) in [6.07, 6.45) is 2.05. The standard InChI is InChI=1S/C18H29FN2O2/c1-14(22)11-21-8-6-15(7-9-21)12-20(2)13-16-10-17(19)4-5-18(16)23-3/h4-5,10,14-15,22H,6-9,11-13H2,1-3H3. The second kappa shape index (κ2) is 8.62. The molecule has 1 saturated heterocycles. The summed E-state index contributed by atoms with van der Waals surface area (Å²) in [7, 11) is 3.70. The first kappa shape index (κ1) is 18.2. The van der Waals surface area contributed by atoms with Crippen molar-refractivity contribution in [3.8, 4) is 5.75 Å². The minimum atomic E-state index is -0.255. The Labute approximate surface area is 138 Å². The molecule has 1 atom stereocenters. The van der Waals surface area contributed by atoms with Crippen molar-refractivity contribution >= 4 is 0 Å². The van der Waals surface area contributed by atoms with E-state index >= 15 is 0 Å².